The van der Waals surface area contributed by atoms with Crippen molar-refractivity contribution in [3.8, 4) is 0 Å². The number of carbonyl (C=O) groups excluding carboxylic acids is 1. The number of hydrogen-bond donors (Lipinski definition) is 1. The molecule has 0 aliphatic carbocycles. The third-order valence-electron chi connectivity index (χ3n) is 4.53. The van der Waals surface area contributed by atoms with Gasteiger partial charge in [-0.05, 0) is 42.5 Å². The fourth-order valence-electron chi connectivity index (χ4n) is 3.07. The molecule has 1 fully saturated rings. The van der Waals surface area contributed by atoms with Crippen molar-refractivity contribution in [3.05, 3.63) is 71.4 Å². The Morgan fingerprint density at radius 2 is 1.79 bits per heavy atom. The van der Waals surface area contributed by atoms with E-state index in [0.717, 1.165) is 11.6 Å². The first-order valence-corrected chi connectivity index (χ1v) is 9.38. The van der Waals surface area contributed by atoms with Gasteiger partial charge >= 0.3 is 0 Å². The van der Waals surface area contributed by atoms with Crippen LogP contribution in [0.1, 0.15) is 10.4 Å². The molecule has 0 unspecified atom stereocenters. The molecule has 7 nitrogen and oxygen atoms in total. The normalized spacial score (nSPS) is 14.0. The van der Waals surface area contributed by atoms with Crippen LogP contribution in [0.15, 0.2) is 60.8 Å². The topological polar surface area (TPSA) is 74.2 Å². The van der Waals surface area contributed by atoms with Gasteiger partial charge in [-0.15, -0.1) is 10.2 Å². The monoisotopic (exact) mass is 394 g/mol. The first-order valence-electron chi connectivity index (χ1n) is 9.00. The lowest BCUT2D eigenvalue weighted by Crippen LogP contribution is -2.49. The summed E-state index contributed by atoms with van der Waals surface area (Å²) in [4.78, 5) is 20.8. The van der Waals surface area contributed by atoms with E-state index in [1.807, 2.05) is 35.2 Å². The number of aromatic nitrogens is 3. The molecule has 1 aliphatic heterocycles. The van der Waals surface area contributed by atoms with Crippen LogP contribution in [0.2, 0.25) is 5.02 Å². The summed E-state index contributed by atoms with van der Waals surface area (Å²) in [5, 5.41) is 12.2. The Morgan fingerprint density at radius 3 is 2.46 bits per heavy atom. The first kappa shape index (κ1) is 18.2. The highest BCUT2D eigenvalue weighted by Crippen LogP contribution is 2.18. The summed E-state index contributed by atoms with van der Waals surface area (Å²) in [6.45, 7) is 2.66. The number of carbonyl (C=O) groups is 1. The smallest absolute Gasteiger partial charge is 0.254 e. The van der Waals surface area contributed by atoms with Gasteiger partial charge in [0.25, 0.3) is 5.91 Å². The zero-order valence-corrected chi connectivity index (χ0v) is 15.9. The Balaban J connectivity index is 1.35. The minimum absolute atomic E-state index is 0.00291. The van der Waals surface area contributed by atoms with Gasteiger partial charge in [0.1, 0.15) is 5.82 Å². The van der Waals surface area contributed by atoms with Crippen LogP contribution in [0.3, 0.4) is 0 Å². The molecule has 4 rings (SSSR count). The predicted molar refractivity (Wildman–Crippen MR) is 109 cm³/mol. The van der Waals surface area contributed by atoms with E-state index in [9.17, 15) is 4.79 Å². The average Bonchev–Trinajstić information content (AvgIpc) is 2.75. The van der Waals surface area contributed by atoms with Crippen LogP contribution in [0.5, 0.6) is 0 Å². The van der Waals surface area contributed by atoms with Gasteiger partial charge in [-0.25, -0.2) is 4.98 Å². The zero-order chi connectivity index (χ0) is 19.3. The molecule has 3 aromatic rings. The number of amides is 1. The SMILES string of the molecule is O=C(c1cccc(Cl)c1)N1CCN(c2ccc(Nc3ccccn3)nn2)CC1. The average molecular weight is 395 g/mol. The van der Waals surface area contributed by atoms with Crippen molar-refractivity contribution in [3.63, 3.8) is 0 Å². The van der Waals surface area contributed by atoms with Gasteiger partial charge in [0.15, 0.2) is 11.6 Å². The van der Waals surface area contributed by atoms with Crippen molar-refractivity contribution >= 4 is 35.0 Å². The molecule has 1 aliphatic rings. The summed E-state index contributed by atoms with van der Waals surface area (Å²) in [7, 11) is 0. The number of hydrogen-bond acceptors (Lipinski definition) is 6. The molecule has 0 saturated carbocycles. The minimum Gasteiger partial charge on any atom is -0.352 e. The second-order valence-corrected chi connectivity index (χ2v) is 6.84. The van der Waals surface area contributed by atoms with E-state index in [4.69, 9.17) is 11.6 Å². The number of nitrogens with one attached hydrogen (secondary N) is 1. The van der Waals surface area contributed by atoms with Crippen LogP contribution >= 0.6 is 11.6 Å². The first-order chi connectivity index (χ1) is 13.7. The van der Waals surface area contributed by atoms with Gasteiger partial charge in [0.05, 0.1) is 0 Å². The minimum atomic E-state index is 0.00291. The summed E-state index contributed by atoms with van der Waals surface area (Å²) < 4.78 is 0. The molecule has 1 saturated heterocycles. The molecule has 2 aromatic heterocycles. The van der Waals surface area contributed by atoms with E-state index < -0.39 is 0 Å². The van der Waals surface area contributed by atoms with Gasteiger partial charge < -0.3 is 15.1 Å². The quantitative estimate of drug-likeness (QED) is 0.732. The Labute approximate surface area is 168 Å². The summed E-state index contributed by atoms with van der Waals surface area (Å²) in [6, 6.07) is 16.5. The maximum Gasteiger partial charge on any atom is 0.254 e. The lowest BCUT2D eigenvalue weighted by atomic mass is 10.2. The van der Waals surface area contributed by atoms with E-state index in [-0.39, 0.29) is 5.91 Å². The molecule has 28 heavy (non-hydrogen) atoms. The third kappa shape index (κ3) is 4.20. The number of nitrogens with zero attached hydrogens (tertiary/aromatic N) is 5. The molecule has 1 aromatic carbocycles. The molecule has 1 amide bonds. The van der Waals surface area contributed by atoms with Gasteiger partial charge in [-0.3, -0.25) is 4.79 Å². The third-order valence-corrected chi connectivity index (χ3v) is 4.77. The number of rotatable bonds is 4. The molecule has 0 spiro atoms. The summed E-state index contributed by atoms with van der Waals surface area (Å²) in [5.74, 6) is 2.15. The van der Waals surface area contributed by atoms with E-state index in [1.165, 1.54) is 0 Å². The molecule has 0 atom stereocenters. The predicted octanol–water partition coefficient (Wildman–Crippen LogP) is 3.23. The Kier molecular flexibility index (Phi) is 5.34. The highest BCUT2D eigenvalue weighted by molar-refractivity contribution is 6.30. The van der Waals surface area contributed by atoms with E-state index in [2.05, 4.69) is 25.4 Å². The van der Waals surface area contributed by atoms with Crippen molar-refractivity contribution in [2.24, 2.45) is 0 Å². The Bertz CT molecular complexity index is 942. The van der Waals surface area contributed by atoms with Crippen molar-refractivity contribution < 1.29 is 4.79 Å². The number of benzene rings is 1. The summed E-state index contributed by atoms with van der Waals surface area (Å²) in [5.41, 5.74) is 0.616. The van der Waals surface area contributed by atoms with E-state index >= 15 is 0 Å². The molecule has 0 radical (unpaired) electrons. The second-order valence-electron chi connectivity index (χ2n) is 6.41. The highest BCUT2D eigenvalue weighted by atomic mass is 35.5. The number of piperazine rings is 1. The van der Waals surface area contributed by atoms with E-state index in [1.54, 1.807) is 30.5 Å². The van der Waals surface area contributed by atoms with Gasteiger partial charge in [-0.1, -0.05) is 23.7 Å². The van der Waals surface area contributed by atoms with Crippen LogP contribution in [0.4, 0.5) is 17.5 Å². The van der Waals surface area contributed by atoms with Gasteiger partial charge in [-0.2, -0.15) is 0 Å². The zero-order valence-electron chi connectivity index (χ0n) is 15.1. The second kappa shape index (κ2) is 8.22. The molecular formula is C20H19ClN6O. The summed E-state index contributed by atoms with van der Waals surface area (Å²) >= 11 is 5.99. The Hall–Kier alpha value is -3.19. The van der Waals surface area contributed by atoms with Crippen molar-refractivity contribution in [2.45, 2.75) is 0 Å². The molecule has 3 heterocycles. The maximum atomic E-state index is 12.6. The standard InChI is InChI=1S/C20H19ClN6O/c21-16-5-3-4-15(14-16)20(28)27-12-10-26(11-13-27)19-8-7-18(24-25-19)23-17-6-1-2-9-22-17/h1-9,14H,10-13H2,(H,22,23,24). The molecule has 8 heteroatoms. The van der Waals surface area contributed by atoms with Crippen LogP contribution in [0, 0.1) is 0 Å². The van der Waals surface area contributed by atoms with Crippen LogP contribution in [-0.4, -0.2) is 52.2 Å². The Morgan fingerprint density at radius 1 is 0.929 bits per heavy atom. The molecule has 0 bridgehead atoms. The van der Waals surface area contributed by atoms with Crippen molar-refractivity contribution in [1.29, 1.82) is 0 Å². The lowest BCUT2D eigenvalue weighted by molar-refractivity contribution is 0.0746. The fraction of sp³-hybridized carbons (Fsp3) is 0.200. The van der Waals surface area contributed by atoms with Crippen LogP contribution in [-0.2, 0) is 0 Å². The summed E-state index contributed by atoms with van der Waals surface area (Å²) in [6.07, 6.45) is 1.72. The molecule has 142 valence electrons. The van der Waals surface area contributed by atoms with Crippen LogP contribution in [0.25, 0.3) is 0 Å². The van der Waals surface area contributed by atoms with Gasteiger partial charge in [0.2, 0.25) is 0 Å². The van der Waals surface area contributed by atoms with Gasteiger partial charge in [0, 0.05) is 43.0 Å². The molecular weight excluding hydrogens is 376 g/mol. The largest absolute Gasteiger partial charge is 0.352 e. The fourth-order valence-corrected chi connectivity index (χ4v) is 3.26. The molecule has 1 N–H and O–H groups in total. The van der Waals surface area contributed by atoms with Crippen LogP contribution < -0.4 is 10.2 Å². The van der Waals surface area contributed by atoms with E-state index in [0.29, 0.717) is 42.6 Å². The van der Waals surface area contributed by atoms with Crippen molar-refractivity contribution in [1.82, 2.24) is 20.1 Å². The maximum absolute atomic E-state index is 12.6. The number of halogens is 1. The lowest BCUT2D eigenvalue weighted by Gasteiger charge is -2.35. The number of anilines is 3. The number of pyridine rings is 1. The van der Waals surface area contributed by atoms with Crippen molar-refractivity contribution in [2.75, 3.05) is 36.4 Å². The highest BCUT2D eigenvalue weighted by Gasteiger charge is 2.23.